The van der Waals surface area contributed by atoms with E-state index in [0.29, 0.717) is 61.1 Å². The second-order valence-corrected chi connectivity index (χ2v) is 12.5. The number of alkyl halides is 3. The molecule has 1 saturated heterocycles. The van der Waals surface area contributed by atoms with Gasteiger partial charge in [-0.3, -0.25) is 14.9 Å². The van der Waals surface area contributed by atoms with Gasteiger partial charge in [-0.2, -0.15) is 13.2 Å². The van der Waals surface area contributed by atoms with Gasteiger partial charge < -0.3 is 24.4 Å². The Bertz CT molecular complexity index is 1690. The number of allylic oxidation sites excluding steroid dienone is 1. The van der Waals surface area contributed by atoms with Crippen LogP contribution in [0.2, 0.25) is 0 Å². The van der Waals surface area contributed by atoms with Crippen molar-refractivity contribution < 1.29 is 51.0 Å². The van der Waals surface area contributed by atoms with Crippen LogP contribution in [0, 0.1) is 35.4 Å². The normalized spacial score (nSPS) is 28.4. The van der Waals surface area contributed by atoms with Crippen LogP contribution < -0.4 is 15.4 Å². The predicted molar refractivity (Wildman–Crippen MR) is 157 cm³/mol. The van der Waals surface area contributed by atoms with Crippen molar-refractivity contribution in [2.24, 2.45) is 34.7 Å². The van der Waals surface area contributed by atoms with Crippen LogP contribution in [0.25, 0.3) is 0 Å². The first kappa shape index (κ1) is 31.2. The van der Waals surface area contributed by atoms with E-state index in [4.69, 9.17) is 19.0 Å². The minimum atomic E-state index is -4.99. The minimum absolute atomic E-state index is 0.0692. The van der Waals surface area contributed by atoms with Gasteiger partial charge in [0.15, 0.2) is 6.10 Å². The number of halogens is 4. The van der Waals surface area contributed by atoms with Gasteiger partial charge in [0, 0.05) is 23.2 Å². The number of fused-ring (bicyclic) bond motifs is 3. The zero-order valence-electron chi connectivity index (χ0n) is 25.1. The topological polar surface area (TPSA) is 125 Å². The molecular formula is C33H31F4N3O7. The molecule has 3 saturated carbocycles. The first-order chi connectivity index (χ1) is 22.5. The van der Waals surface area contributed by atoms with Gasteiger partial charge in [0.05, 0.1) is 49.0 Å². The molecule has 5 aliphatic rings. The van der Waals surface area contributed by atoms with Gasteiger partial charge in [0.1, 0.15) is 11.6 Å². The third-order valence-corrected chi connectivity index (χ3v) is 9.64. The summed E-state index contributed by atoms with van der Waals surface area (Å²) in [7, 11) is 1.44. The maximum atomic E-state index is 13.9. The molecule has 2 aromatic rings. The lowest BCUT2D eigenvalue weighted by Crippen LogP contribution is -2.47. The summed E-state index contributed by atoms with van der Waals surface area (Å²) in [5.41, 5.74) is 0.610. The molecule has 10 nitrogen and oxygen atoms in total. The fraction of sp³-hybridized carbons (Fsp3) is 0.455. The van der Waals surface area contributed by atoms with Crippen molar-refractivity contribution in [1.82, 2.24) is 5.32 Å². The summed E-state index contributed by atoms with van der Waals surface area (Å²) in [5, 5.41) is 9.32. The van der Waals surface area contributed by atoms with Crippen molar-refractivity contribution in [3.63, 3.8) is 0 Å². The Kier molecular flexibility index (Phi) is 7.93. The molecule has 6 atom stereocenters. The van der Waals surface area contributed by atoms with Gasteiger partial charge >= 0.3 is 18.2 Å². The molecule has 14 heteroatoms. The Balaban J connectivity index is 1.12. The number of rotatable bonds is 7. The van der Waals surface area contributed by atoms with Crippen LogP contribution in [-0.2, 0) is 25.3 Å². The molecule has 0 aromatic heterocycles. The van der Waals surface area contributed by atoms with Crippen LogP contribution >= 0.6 is 0 Å². The molecule has 248 valence electrons. The monoisotopic (exact) mass is 657 g/mol. The minimum Gasteiger partial charge on any atom is -0.496 e. The zero-order chi connectivity index (χ0) is 33.0. The number of hydrogen-bond donors (Lipinski definition) is 2. The highest BCUT2D eigenvalue weighted by molar-refractivity contribution is 6.06. The third-order valence-electron chi connectivity index (χ3n) is 9.64. The van der Waals surface area contributed by atoms with Gasteiger partial charge in [-0.1, -0.05) is 16.8 Å². The van der Waals surface area contributed by atoms with Gasteiger partial charge in [0.2, 0.25) is 0 Å². The first-order valence-corrected chi connectivity index (χ1v) is 15.4. The molecule has 7 rings (SSSR count). The third kappa shape index (κ3) is 5.94. The second-order valence-electron chi connectivity index (χ2n) is 12.5. The molecular weight excluding hydrogens is 626 g/mol. The molecule has 0 radical (unpaired) electrons. The number of ether oxygens (including phenoxy) is 3. The smallest absolute Gasteiger partial charge is 0.419 e. The van der Waals surface area contributed by atoms with E-state index in [1.807, 2.05) is 0 Å². The van der Waals surface area contributed by atoms with Crippen LogP contribution in [0.5, 0.6) is 5.75 Å². The lowest BCUT2D eigenvalue weighted by Gasteiger charge is -2.29. The number of benzene rings is 2. The molecule has 2 aliphatic heterocycles. The van der Waals surface area contributed by atoms with Gasteiger partial charge in [-0.25, -0.2) is 9.18 Å². The van der Waals surface area contributed by atoms with Crippen molar-refractivity contribution in [3.05, 3.63) is 70.6 Å². The van der Waals surface area contributed by atoms with E-state index in [0.717, 1.165) is 24.5 Å². The second kappa shape index (κ2) is 12.0. The number of esters is 1. The molecule has 2 bridgehead atoms. The number of carbonyl (C=O) groups excluding carboxylic acids is 3. The average Bonchev–Trinajstić information content (AvgIpc) is 3.30. The number of oxime groups is 1. The Hall–Kier alpha value is -4.46. The van der Waals surface area contributed by atoms with E-state index in [1.165, 1.54) is 7.11 Å². The number of nitrogens with zero attached hydrogens (tertiary/aromatic N) is 1. The van der Waals surface area contributed by atoms with Crippen molar-refractivity contribution in [3.8, 4) is 5.75 Å². The fourth-order valence-corrected chi connectivity index (χ4v) is 7.27. The molecule has 47 heavy (non-hydrogen) atoms. The van der Waals surface area contributed by atoms with Crippen molar-refractivity contribution >= 4 is 29.4 Å². The summed E-state index contributed by atoms with van der Waals surface area (Å²) < 4.78 is 69.3. The lowest BCUT2D eigenvalue weighted by atomic mass is 9.84. The van der Waals surface area contributed by atoms with Crippen molar-refractivity contribution in [1.29, 1.82) is 0 Å². The summed E-state index contributed by atoms with van der Waals surface area (Å²) in [5.74, 6) is -3.70. The molecule has 0 spiro atoms. The van der Waals surface area contributed by atoms with E-state index < -0.39 is 53.2 Å². The quantitative estimate of drug-likeness (QED) is 0.175. The molecule has 2 amide bonds. The van der Waals surface area contributed by atoms with Crippen LogP contribution in [0.15, 0.2) is 53.2 Å². The summed E-state index contributed by atoms with van der Waals surface area (Å²) in [4.78, 5) is 45.7. The standard InChI is InChI=1S/C33H31F4N3O7/c1-44-25-9-4-16(28-22-13-45-14-26(22)47-40-28)11-21(25)30(41)39-29-19-7-6-18(20(19)10-15-2-3-15)27(29)31(42)46-32(43)38-17-5-8-24(34)23(12-17)33(35,36)37/h4-5,8-12,15,18-19,22,26-27,29H,2-3,6-7,13-14H2,1H3,(H,38,43)(H,39,41)/b20-10-/t18-,19+,22?,26?,27-,29+/m0/s1. The van der Waals surface area contributed by atoms with Crippen LogP contribution in [0.3, 0.4) is 0 Å². The van der Waals surface area contributed by atoms with Gasteiger partial charge in [-0.15, -0.1) is 0 Å². The number of carbonyl (C=O) groups is 3. The maximum absolute atomic E-state index is 13.9. The van der Waals surface area contributed by atoms with E-state index in [-0.39, 0.29) is 29.4 Å². The predicted octanol–water partition coefficient (Wildman–Crippen LogP) is 5.47. The Labute approximate surface area is 266 Å². The molecule has 4 fully saturated rings. The maximum Gasteiger partial charge on any atom is 0.419 e. The average molecular weight is 658 g/mol. The number of anilines is 1. The molecule has 2 heterocycles. The van der Waals surface area contributed by atoms with E-state index in [2.05, 4.69) is 21.9 Å². The summed E-state index contributed by atoms with van der Waals surface area (Å²) >= 11 is 0. The number of nitrogens with one attached hydrogen (secondary N) is 2. The number of methoxy groups -OCH3 is 1. The first-order valence-electron chi connectivity index (χ1n) is 15.4. The van der Waals surface area contributed by atoms with Crippen LogP contribution in [-0.4, -0.2) is 56.2 Å². The molecule has 2 aromatic carbocycles. The van der Waals surface area contributed by atoms with Gasteiger partial charge in [0.25, 0.3) is 5.91 Å². The molecule has 3 aliphatic carbocycles. The Morgan fingerprint density at radius 3 is 2.53 bits per heavy atom. The van der Waals surface area contributed by atoms with Crippen molar-refractivity contribution in [2.75, 3.05) is 25.6 Å². The Morgan fingerprint density at radius 1 is 1.00 bits per heavy atom. The van der Waals surface area contributed by atoms with Crippen LogP contribution in [0.1, 0.15) is 47.2 Å². The lowest BCUT2D eigenvalue weighted by molar-refractivity contribution is -0.144. The summed E-state index contributed by atoms with van der Waals surface area (Å²) in [6.07, 6.45) is -0.924. The summed E-state index contributed by atoms with van der Waals surface area (Å²) in [6, 6.07) is 6.29. The van der Waals surface area contributed by atoms with Crippen LogP contribution in [0.4, 0.5) is 28.0 Å². The summed E-state index contributed by atoms with van der Waals surface area (Å²) in [6.45, 7) is 0.871. The molecule has 2 N–H and O–H groups in total. The largest absolute Gasteiger partial charge is 0.496 e. The Morgan fingerprint density at radius 2 is 1.79 bits per heavy atom. The fourth-order valence-electron chi connectivity index (χ4n) is 7.27. The highest BCUT2D eigenvalue weighted by Gasteiger charge is 2.56. The highest BCUT2D eigenvalue weighted by Crippen LogP contribution is 2.54. The van der Waals surface area contributed by atoms with E-state index >= 15 is 0 Å². The number of amides is 2. The van der Waals surface area contributed by atoms with Gasteiger partial charge in [-0.05, 0) is 73.9 Å². The van der Waals surface area contributed by atoms with Crippen molar-refractivity contribution in [2.45, 2.75) is 44.0 Å². The molecule has 2 unspecified atom stereocenters. The van der Waals surface area contributed by atoms with E-state index in [1.54, 1.807) is 18.2 Å². The SMILES string of the molecule is COc1ccc(C2=NOC3COCC23)cc1C(=O)N[C@H]1[C@@H](C(=O)OC(=O)Nc2ccc(F)c(C(F)(F)F)c2)[C@H]2CC[C@@H]1/C2=C\C1CC1. The zero-order valence-corrected chi connectivity index (χ0v) is 25.1. The number of hydrogen-bond acceptors (Lipinski definition) is 8. The van der Waals surface area contributed by atoms with E-state index in [9.17, 15) is 31.9 Å². The highest BCUT2D eigenvalue weighted by atomic mass is 19.4.